The predicted molar refractivity (Wildman–Crippen MR) is 218 cm³/mol. The van der Waals surface area contributed by atoms with Crippen LogP contribution in [0.3, 0.4) is 0 Å². The first-order valence-electron chi connectivity index (χ1n) is 18.2. The summed E-state index contributed by atoms with van der Waals surface area (Å²) in [5.74, 6) is 0.896. The van der Waals surface area contributed by atoms with E-state index >= 15 is 0 Å². The molecule has 7 aromatic rings. The molecule has 7 rings (SSSR count). The Hall–Kier alpha value is -5.48. The Morgan fingerprint density at radius 2 is 1.10 bits per heavy atom. The van der Waals surface area contributed by atoms with Gasteiger partial charge in [-0.1, -0.05) is 123 Å². The van der Waals surface area contributed by atoms with E-state index in [2.05, 4.69) is 164 Å². The van der Waals surface area contributed by atoms with Crippen LogP contribution in [0.4, 0.5) is 0 Å². The molecule has 0 aliphatic heterocycles. The van der Waals surface area contributed by atoms with Gasteiger partial charge in [0.05, 0.1) is 22.3 Å². The first-order valence-corrected chi connectivity index (χ1v) is 18.2. The van der Waals surface area contributed by atoms with Crippen molar-refractivity contribution >= 4 is 11.0 Å². The van der Waals surface area contributed by atoms with Gasteiger partial charge in [0.25, 0.3) is 0 Å². The normalized spacial score (nSPS) is 12.4. The van der Waals surface area contributed by atoms with Crippen LogP contribution in [0.2, 0.25) is 0 Å². The number of aromatic hydroxyl groups is 1. The molecule has 2 aromatic heterocycles. The maximum absolute atomic E-state index is 11.3. The quantitative estimate of drug-likeness (QED) is 0.196. The molecular weight excluding hydrogens is 635 g/mol. The van der Waals surface area contributed by atoms with Crippen LogP contribution in [-0.4, -0.2) is 19.6 Å². The number of phenols is 1. The summed E-state index contributed by atoms with van der Waals surface area (Å²) >= 11 is 0. The number of pyridine rings is 1. The molecule has 0 atom stereocenters. The first-order chi connectivity index (χ1) is 24.6. The van der Waals surface area contributed by atoms with Crippen molar-refractivity contribution in [1.82, 2.24) is 14.5 Å². The number of aromatic nitrogens is 3. The van der Waals surface area contributed by atoms with Crippen LogP contribution >= 0.6 is 0 Å². The fourth-order valence-corrected chi connectivity index (χ4v) is 6.83. The number of phenolic OH excluding ortho intramolecular Hbond substituents is 1. The Bertz CT molecular complexity index is 2380. The monoisotopic (exact) mass is 683 g/mol. The van der Waals surface area contributed by atoms with E-state index in [-0.39, 0.29) is 22.0 Å². The standard InChI is InChI=1S/C48H49N3O/c1-46(2,3)35-22-23-49-41(30-35)34-25-32(31-16-11-10-12-17-31)24-33(26-34)39-19-15-20-42-44(39)50-45(40-18-13-14-21-43(40)52)51(42)38-28-36(47(4,5)6)27-37(29-38)48(7,8)9/h10-30,52H,1-9H3. The van der Waals surface area contributed by atoms with E-state index in [9.17, 15) is 5.11 Å². The smallest absolute Gasteiger partial charge is 0.149 e. The molecule has 0 spiro atoms. The fourth-order valence-electron chi connectivity index (χ4n) is 6.83. The van der Waals surface area contributed by atoms with Gasteiger partial charge in [-0.05, 0) is 110 Å². The van der Waals surface area contributed by atoms with Gasteiger partial charge < -0.3 is 5.11 Å². The van der Waals surface area contributed by atoms with Crippen LogP contribution in [0.15, 0.2) is 128 Å². The minimum atomic E-state index is -0.0702. The lowest BCUT2D eigenvalue weighted by Crippen LogP contribution is -2.17. The zero-order valence-electron chi connectivity index (χ0n) is 31.9. The highest BCUT2D eigenvalue weighted by Crippen LogP contribution is 2.41. The second-order valence-electron chi connectivity index (χ2n) is 17.1. The maximum atomic E-state index is 11.3. The van der Waals surface area contributed by atoms with Crippen molar-refractivity contribution in [3.63, 3.8) is 0 Å². The van der Waals surface area contributed by atoms with Crippen LogP contribution in [0.1, 0.15) is 79.0 Å². The topological polar surface area (TPSA) is 50.9 Å². The number of fused-ring (bicyclic) bond motifs is 1. The summed E-state index contributed by atoms with van der Waals surface area (Å²) in [6, 6.07) is 42.4. The van der Waals surface area contributed by atoms with Crippen molar-refractivity contribution in [1.29, 1.82) is 0 Å². The Kier molecular flexibility index (Phi) is 8.69. The molecule has 0 unspecified atom stereocenters. The molecule has 0 aliphatic carbocycles. The predicted octanol–water partition coefficient (Wildman–Crippen LogP) is 12.7. The molecule has 5 aromatic carbocycles. The second-order valence-corrected chi connectivity index (χ2v) is 17.1. The lowest BCUT2D eigenvalue weighted by Gasteiger charge is -2.27. The number of imidazole rings is 1. The Morgan fingerprint density at radius 1 is 0.500 bits per heavy atom. The van der Waals surface area contributed by atoms with E-state index in [1.807, 2.05) is 24.4 Å². The summed E-state index contributed by atoms with van der Waals surface area (Å²) in [6.45, 7) is 20.3. The number of rotatable bonds is 5. The summed E-state index contributed by atoms with van der Waals surface area (Å²) in [6.07, 6.45) is 1.92. The van der Waals surface area contributed by atoms with Gasteiger partial charge in [-0.25, -0.2) is 4.98 Å². The second kappa shape index (κ2) is 12.9. The van der Waals surface area contributed by atoms with Crippen LogP contribution in [-0.2, 0) is 16.2 Å². The van der Waals surface area contributed by atoms with E-state index in [1.54, 1.807) is 6.07 Å². The number of benzene rings is 5. The van der Waals surface area contributed by atoms with Gasteiger partial charge in [0.15, 0.2) is 0 Å². The average molecular weight is 684 g/mol. The lowest BCUT2D eigenvalue weighted by atomic mass is 9.80. The van der Waals surface area contributed by atoms with Gasteiger partial charge in [0.2, 0.25) is 0 Å². The van der Waals surface area contributed by atoms with Crippen molar-refractivity contribution in [2.75, 3.05) is 0 Å². The molecule has 4 nitrogen and oxygen atoms in total. The van der Waals surface area contributed by atoms with Gasteiger partial charge in [-0.2, -0.15) is 0 Å². The third kappa shape index (κ3) is 6.78. The van der Waals surface area contributed by atoms with Gasteiger partial charge >= 0.3 is 0 Å². The van der Waals surface area contributed by atoms with Crippen LogP contribution < -0.4 is 0 Å². The van der Waals surface area contributed by atoms with Gasteiger partial charge in [0, 0.05) is 23.0 Å². The van der Waals surface area contributed by atoms with Crippen LogP contribution in [0.5, 0.6) is 5.75 Å². The lowest BCUT2D eigenvalue weighted by molar-refractivity contribution is 0.477. The molecule has 1 N–H and O–H groups in total. The highest BCUT2D eigenvalue weighted by Gasteiger charge is 2.25. The van der Waals surface area contributed by atoms with E-state index in [1.165, 1.54) is 16.7 Å². The van der Waals surface area contributed by atoms with Crippen molar-refractivity contribution in [2.24, 2.45) is 0 Å². The Labute approximate surface area is 308 Å². The third-order valence-corrected chi connectivity index (χ3v) is 10.0. The SMILES string of the molecule is CC(C)(C)c1cc(-n2c(-c3ccccc3O)nc3c(-c4cc(-c5ccccc5)cc(-c5cc(C(C)(C)C)ccn5)c4)cccc32)cc(C(C)(C)C)c1. The molecule has 0 saturated carbocycles. The molecule has 0 saturated heterocycles. The van der Waals surface area contributed by atoms with Crippen molar-refractivity contribution in [2.45, 2.75) is 78.6 Å². The molecule has 0 aliphatic rings. The van der Waals surface area contributed by atoms with Crippen LogP contribution in [0.25, 0.3) is 61.6 Å². The number of hydrogen-bond donors (Lipinski definition) is 1. The highest BCUT2D eigenvalue weighted by atomic mass is 16.3. The van der Waals surface area contributed by atoms with E-state index in [0.717, 1.165) is 50.2 Å². The van der Waals surface area contributed by atoms with Gasteiger partial charge in [0.1, 0.15) is 11.6 Å². The fraction of sp³-hybridized carbons (Fsp3) is 0.250. The number of para-hydroxylation sites is 2. The molecule has 4 heteroatoms. The molecule has 2 heterocycles. The average Bonchev–Trinajstić information content (AvgIpc) is 3.50. The molecule has 262 valence electrons. The summed E-state index contributed by atoms with van der Waals surface area (Å²) in [7, 11) is 0. The van der Waals surface area contributed by atoms with E-state index < -0.39 is 0 Å². The molecule has 0 amide bonds. The Morgan fingerprint density at radius 3 is 1.75 bits per heavy atom. The molecule has 0 bridgehead atoms. The highest BCUT2D eigenvalue weighted by molar-refractivity contribution is 5.97. The molecule has 0 fully saturated rings. The summed E-state index contributed by atoms with van der Waals surface area (Å²) in [5, 5.41) is 11.3. The van der Waals surface area contributed by atoms with Crippen molar-refractivity contribution in [3.8, 4) is 56.3 Å². The van der Waals surface area contributed by atoms with Crippen molar-refractivity contribution < 1.29 is 5.11 Å². The minimum absolute atomic E-state index is 0.00741. The van der Waals surface area contributed by atoms with E-state index in [4.69, 9.17) is 9.97 Å². The summed E-state index contributed by atoms with van der Waals surface area (Å²) in [5.41, 5.74) is 13.5. The van der Waals surface area contributed by atoms with Gasteiger partial charge in [-0.3, -0.25) is 9.55 Å². The zero-order valence-corrected chi connectivity index (χ0v) is 31.9. The number of hydrogen-bond acceptors (Lipinski definition) is 3. The van der Waals surface area contributed by atoms with Crippen LogP contribution in [0, 0.1) is 0 Å². The third-order valence-electron chi connectivity index (χ3n) is 10.0. The number of nitrogens with zero attached hydrogens (tertiary/aromatic N) is 3. The maximum Gasteiger partial charge on any atom is 0.149 e. The largest absolute Gasteiger partial charge is 0.507 e. The summed E-state index contributed by atoms with van der Waals surface area (Å²) < 4.78 is 2.23. The van der Waals surface area contributed by atoms with Crippen molar-refractivity contribution in [3.05, 3.63) is 144 Å². The first kappa shape index (κ1) is 34.9. The summed E-state index contributed by atoms with van der Waals surface area (Å²) in [4.78, 5) is 10.3. The zero-order chi connectivity index (χ0) is 37.0. The Balaban J connectivity index is 1.54. The van der Waals surface area contributed by atoms with E-state index in [0.29, 0.717) is 11.4 Å². The molecule has 52 heavy (non-hydrogen) atoms. The molecule has 0 radical (unpaired) electrons. The minimum Gasteiger partial charge on any atom is -0.507 e. The van der Waals surface area contributed by atoms with Gasteiger partial charge in [-0.15, -0.1) is 0 Å². The molecular formula is C48H49N3O.